The summed E-state index contributed by atoms with van der Waals surface area (Å²) in [5, 5.41) is 13.6. The first kappa shape index (κ1) is 13.8. The standard InChI is InChI=1S/C16H19N3O2/c1-3-10(9-20)17-16-15-14(18-13(4-2)19-16)11-7-5-6-8-12(11)21-15/h5-8,10,20H,3-4,9H2,1-2H3,(H,17,18,19)/t10-/m1/s1. The summed E-state index contributed by atoms with van der Waals surface area (Å²) < 4.78 is 5.90. The Bertz CT molecular complexity index is 763. The van der Waals surface area contributed by atoms with Gasteiger partial charge in [0.25, 0.3) is 0 Å². The molecule has 0 radical (unpaired) electrons. The number of rotatable bonds is 5. The van der Waals surface area contributed by atoms with E-state index in [0.29, 0.717) is 11.4 Å². The first-order valence-electron chi connectivity index (χ1n) is 7.32. The number of hydrogen-bond donors (Lipinski definition) is 2. The van der Waals surface area contributed by atoms with Crippen LogP contribution in [0.2, 0.25) is 0 Å². The summed E-state index contributed by atoms with van der Waals surface area (Å²) in [7, 11) is 0. The number of furan rings is 1. The van der Waals surface area contributed by atoms with Crippen LogP contribution in [-0.4, -0.2) is 27.7 Å². The van der Waals surface area contributed by atoms with E-state index in [1.165, 1.54) is 0 Å². The molecule has 5 heteroatoms. The molecule has 0 unspecified atom stereocenters. The van der Waals surface area contributed by atoms with Gasteiger partial charge in [-0.3, -0.25) is 0 Å². The number of nitrogens with zero attached hydrogens (tertiary/aromatic N) is 2. The van der Waals surface area contributed by atoms with Gasteiger partial charge in [0.2, 0.25) is 0 Å². The Labute approximate surface area is 123 Å². The van der Waals surface area contributed by atoms with Crippen molar-refractivity contribution >= 4 is 27.9 Å². The van der Waals surface area contributed by atoms with Gasteiger partial charge in [0.1, 0.15) is 16.9 Å². The zero-order valence-corrected chi connectivity index (χ0v) is 12.3. The molecule has 0 bridgehead atoms. The molecule has 5 nitrogen and oxygen atoms in total. The van der Waals surface area contributed by atoms with Crippen LogP contribution in [0.15, 0.2) is 28.7 Å². The molecule has 0 saturated heterocycles. The van der Waals surface area contributed by atoms with E-state index in [1.807, 2.05) is 38.1 Å². The van der Waals surface area contributed by atoms with Crippen LogP contribution in [0.25, 0.3) is 22.1 Å². The van der Waals surface area contributed by atoms with Crippen molar-refractivity contribution in [3.05, 3.63) is 30.1 Å². The molecular formula is C16H19N3O2. The van der Waals surface area contributed by atoms with Crippen molar-refractivity contribution < 1.29 is 9.52 Å². The molecule has 2 aromatic heterocycles. The number of nitrogens with one attached hydrogen (secondary N) is 1. The lowest BCUT2D eigenvalue weighted by Crippen LogP contribution is -2.23. The summed E-state index contributed by atoms with van der Waals surface area (Å²) in [5.74, 6) is 1.43. The van der Waals surface area contributed by atoms with Crippen LogP contribution in [-0.2, 0) is 6.42 Å². The number of para-hydroxylation sites is 1. The van der Waals surface area contributed by atoms with E-state index in [9.17, 15) is 5.11 Å². The summed E-state index contributed by atoms with van der Waals surface area (Å²) in [6.45, 7) is 4.10. The van der Waals surface area contributed by atoms with Crippen molar-refractivity contribution in [1.82, 2.24) is 9.97 Å². The zero-order valence-electron chi connectivity index (χ0n) is 12.3. The van der Waals surface area contributed by atoms with Crippen molar-refractivity contribution in [3.8, 4) is 0 Å². The third-order valence-electron chi connectivity index (χ3n) is 3.64. The van der Waals surface area contributed by atoms with Crippen LogP contribution >= 0.6 is 0 Å². The SMILES string of the molecule is CCc1nc(N[C@H](CC)CO)c2oc3ccccc3c2n1. The van der Waals surface area contributed by atoms with E-state index < -0.39 is 0 Å². The second kappa shape index (κ2) is 5.69. The predicted molar refractivity (Wildman–Crippen MR) is 83.5 cm³/mol. The average Bonchev–Trinajstić information content (AvgIpc) is 2.91. The number of benzene rings is 1. The van der Waals surface area contributed by atoms with Gasteiger partial charge in [-0.1, -0.05) is 26.0 Å². The highest BCUT2D eigenvalue weighted by molar-refractivity contribution is 6.05. The van der Waals surface area contributed by atoms with Gasteiger partial charge < -0.3 is 14.8 Å². The van der Waals surface area contributed by atoms with Gasteiger partial charge in [-0.2, -0.15) is 0 Å². The Hall–Kier alpha value is -2.14. The second-order valence-electron chi connectivity index (χ2n) is 5.05. The minimum absolute atomic E-state index is 0.0407. The Balaban J connectivity index is 2.21. The molecule has 0 spiro atoms. The fourth-order valence-electron chi connectivity index (χ4n) is 2.36. The van der Waals surface area contributed by atoms with Crippen LogP contribution in [0.3, 0.4) is 0 Å². The van der Waals surface area contributed by atoms with Crippen LogP contribution in [0, 0.1) is 0 Å². The fraction of sp³-hybridized carbons (Fsp3) is 0.375. The van der Waals surface area contributed by atoms with E-state index in [4.69, 9.17) is 4.42 Å². The van der Waals surface area contributed by atoms with E-state index >= 15 is 0 Å². The monoisotopic (exact) mass is 285 g/mol. The van der Waals surface area contributed by atoms with Crippen LogP contribution < -0.4 is 5.32 Å². The lowest BCUT2D eigenvalue weighted by molar-refractivity contribution is 0.271. The van der Waals surface area contributed by atoms with Gasteiger partial charge in [0.05, 0.1) is 12.6 Å². The van der Waals surface area contributed by atoms with Gasteiger partial charge in [-0.05, 0) is 18.6 Å². The smallest absolute Gasteiger partial charge is 0.196 e. The molecule has 0 aliphatic rings. The third-order valence-corrected chi connectivity index (χ3v) is 3.64. The Kier molecular flexibility index (Phi) is 3.75. The molecule has 0 aliphatic heterocycles. The van der Waals surface area contributed by atoms with Gasteiger partial charge in [-0.15, -0.1) is 0 Å². The summed E-state index contributed by atoms with van der Waals surface area (Å²) in [6.07, 6.45) is 1.56. The quantitative estimate of drug-likeness (QED) is 0.753. The van der Waals surface area contributed by atoms with Crippen molar-refractivity contribution in [3.63, 3.8) is 0 Å². The molecule has 21 heavy (non-hydrogen) atoms. The van der Waals surface area contributed by atoms with E-state index in [0.717, 1.165) is 35.2 Å². The molecule has 0 amide bonds. The average molecular weight is 285 g/mol. The molecule has 0 aliphatic carbocycles. The summed E-state index contributed by atoms with van der Waals surface area (Å²) in [6, 6.07) is 7.80. The van der Waals surface area contributed by atoms with Crippen molar-refractivity contribution in [2.45, 2.75) is 32.7 Å². The normalized spacial score (nSPS) is 12.9. The lowest BCUT2D eigenvalue weighted by Gasteiger charge is -2.15. The van der Waals surface area contributed by atoms with E-state index in [2.05, 4.69) is 15.3 Å². The van der Waals surface area contributed by atoms with Crippen molar-refractivity contribution in [2.24, 2.45) is 0 Å². The molecule has 2 heterocycles. The third kappa shape index (κ3) is 2.45. The highest BCUT2D eigenvalue weighted by atomic mass is 16.3. The predicted octanol–water partition coefficient (Wildman–Crippen LogP) is 3.12. The maximum Gasteiger partial charge on any atom is 0.196 e. The van der Waals surface area contributed by atoms with Crippen LogP contribution in [0.5, 0.6) is 0 Å². The number of hydrogen-bond acceptors (Lipinski definition) is 5. The van der Waals surface area contributed by atoms with Gasteiger partial charge in [0.15, 0.2) is 11.4 Å². The minimum Gasteiger partial charge on any atom is -0.450 e. The highest BCUT2D eigenvalue weighted by Gasteiger charge is 2.17. The number of anilines is 1. The first-order valence-corrected chi connectivity index (χ1v) is 7.32. The number of aryl methyl sites for hydroxylation is 1. The number of aliphatic hydroxyl groups excluding tert-OH is 1. The molecule has 2 N–H and O–H groups in total. The Morgan fingerprint density at radius 2 is 2.05 bits per heavy atom. The summed E-state index contributed by atoms with van der Waals surface area (Å²) in [5.41, 5.74) is 2.28. The topological polar surface area (TPSA) is 71.2 Å². The largest absolute Gasteiger partial charge is 0.450 e. The first-order chi connectivity index (χ1) is 10.3. The van der Waals surface area contributed by atoms with Crippen molar-refractivity contribution in [1.29, 1.82) is 0 Å². The molecule has 3 rings (SSSR count). The van der Waals surface area contributed by atoms with Gasteiger partial charge >= 0.3 is 0 Å². The maximum atomic E-state index is 9.39. The molecule has 1 atom stereocenters. The van der Waals surface area contributed by atoms with E-state index in [-0.39, 0.29) is 12.6 Å². The maximum absolute atomic E-state index is 9.39. The molecule has 0 fully saturated rings. The molecule has 1 aromatic carbocycles. The molecule has 0 saturated carbocycles. The summed E-state index contributed by atoms with van der Waals surface area (Å²) >= 11 is 0. The number of aromatic nitrogens is 2. The molecular weight excluding hydrogens is 266 g/mol. The number of fused-ring (bicyclic) bond motifs is 3. The molecule has 3 aromatic rings. The summed E-state index contributed by atoms with van der Waals surface area (Å²) in [4.78, 5) is 9.12. The zero-order chi connectivity index (χ0) is 14.8. The minimum atomic E-state index is -0.0407. The number of aliphatic hydroxyl groups is 1. The Morgan fingerprint density at radius 1 is 1.24 bits per heavy atom. The highest BCUT2D eigenvalue weighted by Crippen LogP contribution is 2.31. The molecule has 110 valence electrons. The van der Waals surface area contributed by atoms with E-state index in [1.54, 1.807) is 0 Å². The fourth-order valence-corrected chi connectivity index (χ4v) is 2.36. The lowest BCUT2D eigenvalue weighted by atomic mass is 10.2. The van der Waals surface area contributed by atoms with Gasteiger partial charge in [-0.25, -0.2) is 9.97 Å². The van der Waals surface area contributed by atoms with Crippen LogP contribution in [0.1, 0.15) is 26.1 Å². The van der Waals surface area contributed by atoms with Crippen molar-refractivity contribution in [2.75, 3.05) is 11.9 Å². The second-order valence-corrected chi connectivity index (χ2v) is 5.05. The Morgan fingerprint density at radius 3 is 2.76 bits per heavy atom. The van der Waals surface area contributed by atoms with Gasteiger partial charge in [0, 0.05) is 11.8 Å². The van der Waals surface area contributed by atoms with Crippen LogP contribution in [0.4, 0.5) is 5.82 Å².